The van der Waals surface area contributed by atoms with Crippen molar-refractivity contribution in [2.75, 3.05) is 0 Å². The number of nitrogens with one attached hydrogen (secondary N) is 2. The molecule has 0 spiro atoms. The molecule has 0 aliphatic carbocycles. The van der Waals surface area contributed by atoms with E-state index >= 15 is 0 Å². The highest BCUT2D eigenvalue weighted by Gasteiger charge is 2.34. The molecular weight excluding hydrogens is 312 g/mol. The van der Waals surface area contributed by atoms with E-state index in [2.05, 4.69) is 26.6 Å². The zero-order chi connectivity index (χ0) is 13.3. The van der Waals surface area contributed by atoms with E-state index in [4.69, 9.17) is 0 Å². The van der Waals surface area contributed by atoms with Gasteiger partial charge in [0.2, 0.25) is 0 Å². The molecule has 5 heteroatoms. The molecule has 0 fully saturated rings. The lowest BCUT2D eigenvalue weighted by molar-refractivity contribution is 0.0928. The van der Waals surface area contributed by atoms with Crippen molar-refractivity contribution in [2.45, 2.75) is 25.8 Å². The Kier molecular flexibility index (Phi) is 3.73. The lowest BCUT2D eigenvalue weighted by Crippen LogP contribution is -2.50. The molecule has 0 saturated heterocycles. The molecule has 0 radical (unpaired) electrons. The zero-order valence-corrected chi connectivity index (χ0v) is 12.9. The standard InChI is InChI=1S/C13H15BrN2OS/c1-8-6-4-5-7-10(8)12(17)16-13(3)15-11(14)9(2)18-13/h4-7,15H,1-3H3,(H,16,17). The highest BCUT2D eigenvalue weighted by atomic mass is 79.9. The van der Waals surface area contributed by atoms with E-state index < -0.39 is 4.99 Å². The molecule has 1 aromatic carbocycles. The van der Waals surface area contributed by atoms with Crippen LogP contribution in [0.5, 0.6) is 0 Å². The molecule has 2 rings (SSSR count). The van der Waals surface area contributed by atoms with E-state index in [1.165, 1.54) is 0 Å². The van der Waals surface area contributed by atoms with Crippen LogP contribution in [0.15, 0.2) is 33.8 Å². The van der Waals surface area contributed by atoms with Crippen LogP contribution in [-0.2, 0) is 0 Å². The van der Waals surface area contributed by atoms with E-state index in [1.807, 2.05) is 45.0 Å². The lowest BCUT2D eigenvalue weighted by atomic mass is 10.1. The summed E-state index contributed by atoms with van der Waals surface area (Å²) >= 11 is 5.03. The van der Waals surface area contributed by atoms with Crippen molar-refractivity contribution in [1.82, 2.24) is 10.6 Å². The number of hydrogen-bond acceptors (Lipinski definition) is 3. The molecule has 1 aliphatic rings. The van der Waals surface area contributed by atoms with Crippen molar-refractivity contribution in [3.63, 3.8) is 0 Å². The smallest absolute Gasteiger partial charge is 0.254 e. The molecule has 0 saturated carbocycles. The minimum Gasteiger partial charge on any atom is -0.348 e. The number of aryl methyl sites for hydroxylation is 1. The van der Waals surface area contributed by atoms with Gasteiger partial charge in [0.05, 0.1) is 4.61 Å². The molecule has 1 atom stereocenters. The Labute approximate surface area is 120 Å². The van der Waals surface area contributed by atoms with Crippen LogP contribution < -0.4 is 10.6 Å². The number of thioether (sulfide) groups is 1. The van der Waals surface area contributed by atoms with Crippen LogP contribution >= 0.6 is 27.7 Å². The fraction of sp³-hybridized carbons (Fsp3) is 0.308. The third-order valence-corrected chi connectivity index (χ3v) is 4.93. The molecule has 18 heavy (non-hydrogen) atoms. The van der Waals surface area contributed by atoms with Crippen molar-refractivity contribution in [3.8, 4) is 0 Å². The normalized spacial score (nSPS) is 22.9. The molecule has 0 bridgehead atoms. The first-order chi connectivity index (χ1) is 8.41. The summed E-state index contributed by atoms with van der Waals surface area (Å²) in [4.78, 5) is 12.9. The van der Waals surface area contributed by atoms with Crippen molar-refractivity contribution >= 4 is 33.6 Å². The summed E-state index contributed by atoms with van der Waals surface area (Å²) in [5, 5.41) is 6.24. The number of rotatable bonds is 2. The van der Waals surface area contributed by atoms with E-state index in [1.54, 1.807) is 11.8 Å². The molecule has 3 nitrogen and oxygen atoms in total. The van der Waals surface area contributed by atoms with Crippen LogP contribution in [0.4, 0.5) is 0 Å². The first-order valence-electron chi connectivity index (χ1n) is 5.63. The number of allylic oxidation sites excluding steroid dienone is 1. The van der Waals surface area contributed by atoms with Crippen molar-refractivity contribution in [1.29, 1.82) is 0 Å². The largest absolute Gasteiger partial charge is 0.348 e. The van der Waals surface area contributed by atoms with Gasteiger partial charge in [0.25, 0.3) is 5.91 Å². The Hall–Kier alpha value is -0.940. The second-order valence-electron chi connectivity index (χ2n) is 4.40. The number of carbonyl (C=O) groups excluding carboxylic acids is 1. The van der Waals surface area contributed by atoms with Crippen LogP contribution in [0.1, 0.15) is 29.8 Å². The monoisotopic (exact) mass is 326 g/mol. The van der Waals surface area contributed by atoms with Gasteiger partial charge < -0.3 is 10.6 Å². The molecule has 0 aromatic heterocycles. The topological polar surface area (TPSA) is 41.1 Å². The highest BCUT2D eigenvalue weighted by molar-refractivity contribution is 9.11. The van der Waals surface area contributed by atoms with Crippen molar-refractivity contribution in [3.05, 3.63) is 44.9 Å². The van der Waals surface area contributed by atoms with Gasteiger partial charge in [-0.25, -0.2) is 0 Å². The third kappa shape index (κ3) is 2.72. The molecule has 1 amide bonds. The molecular formula is C13H15BrN2OS. The number of halogens is 1. The predicted octanol–water partition coefficient (Wildman–Crippen LogP) is 3.32. The maximum atomic E-state index is 12.2. The van der Waals surface area contributed by atoms with E-state index in [0.717, 1.165) is 15.1 Å². The molecule has 2 N–H and O–H groups in total. The summed E-state index contributed by atoms with van der Waals surface area (Å²) in [6.07, 6.45) is 0. The van der Waals surface area contributed by atoms with Gasteiger partial charge in [-0.2, -0.15) is 0 Å². The van der Waals surface area contributed by atoms with Crippen LogP contribution in [0, 0.1) is 6.92 Å². The lowest BCUT2D eigenvalue weighted by Gasteiger charge is -2.26. The van der Waals surface area contributed by atoms with E-state index in [-0.39, 0.29) is 5.91 Å². The van der Waals surface area contributed by atoms with E-state index in [9.17, 15) is 4.79 Å². The fourth-order valence-electron chi connectivity index (χ4n) is 1.84. The predicted molar refractivity (Wildman–Crippen MR) is 79.4 cm³/mol. The van der Waals surface area contributed by atoms with Crippen molar-refractivity contribution in [2.24, 2.45) is 0 Å². The Bertz CT molecular complexity index is 513. The molecule has 1 heterocycles. The summed E-state index contributed by atoms with van der Waals surface area (Å²) in [6.45, 7) is 5.89. The number of amides is 1. The number of hydrogen-bond donors (Lipinski definition) is 2. The third-order valence-electron chi connectivity index (χ3n) is 2.76. The van der Waals surface area contributed by atoms with Crippen molar-refractivity contribution < 1.29 is 4.79 Å². The maximum absolute atomic E-state index is 12.2. The fourth-order valence-corrected chi connectivity index (χ4v) is 3.66. The minimum absolute atomic E-state index is 0.0643. The molecule has 96 valence electrons. The second-order valence-corrected chi connectivity index (χ2v) is 6.83. The van der Waals surface area contributed by atoms with Gasteiger partial charge in [0.15, 0.2) is 4.99 Å². The minimum atomic E-state index is -0.498. The molecule has 1 aromatic rings. The van der Waals surface area contributed by atoms with Crippen LogP contribution in [0.2, 0.25) is 0 Å². The number of carbonyl (C=O) groups is 1. The second kappa shape index (κ2) is 4.97. The summed E-state index contributed by atoms with van der Waals surface area (Å²) in [5.41, 5.74) is 1.69. The van der Waals surface area contributed by atoms with Gasteiger partial charge in [0, 0.05) is 10.5 Å². The first-order valence-corrected chi connectivity index (χ1v) is 7.24. The van der Waals surface area contributed by atoms with Gasteiger partial charge in [-0.15, -0.1) is 0 Å². The van der Waals surface area contributed by atoms with Gasteiger partial charge in [-0.05, 0) is 48.3 Å². The SMILES string of the molecule is CC1=C(Br)NC(C)(NC(=O)c2ccccc2C)S1. The summed E-state index contributed by atoms with van der Waals surface area (Å²) < 4.78 is 0.931. The summed E-state index contributed by atoms with van der Waals surface area (Å²) in [6, 6.07) is 7.58. The Balaban J connectivity index is 2.12. The Morgan fingerprint density at radius 1 is 1.39 bits per heavy atom. The maximum Gasteiger partial charge on any atom is 0.254 e. The van der Waals surface area contributed by atoms with Gasteiger partial charge in [-0.1, -0.05) is 30.0 Å². The number of benzene rings is 1. The van der Waals surface area contributed by atoms with Gasteiger partial charge in [-0.3, -0.25) is 4.79 Å². The summed E-state index contributed by atoms with van der Waals surface area (Å²) in [7, 11) is 0. The van der Waals surface area contributed by atoms with Crippen LogP contribution in [0.3, 0.4) is 0 Å². The zero-order valence-electron chi connectivity index (χ0n) is 10.5. The Morgan fingerprint density at radius 3 is 2.61 bits per heavy atom. The van der Waals surface area contributed by atoms with Gasteiger partial charge >= 0.3 is 0 Å². The quantitative estimate of drug-likeness (QED) is 0.819. The molecule has 1 unspecified atom stereocenters. The molecule has 1 aliphatic heterocycles. The highest BCUT2D eigenvalue weighted by Crippen LogP contribution is 2.38. The van der Waals surface area contributed by atoms with Gasteiger partial charge in [0.1, 0.15) is 0 Å². The first kappa shape index (κ1) is 13.5. The van der Waals surface area contributed by atoms with Crippen LogP contribution in [-0.4, -0.2) is 10.9 Å². The summed E-state index contributed by atoms with van der Waals surface area (Å²) in [5.74, 6) is -0.0643. The average molecular weight is 327 g/mol. The van der Waals surface area contributed by atoms with Crippen LogP contribution in [0.25, 0.3) is 0 Å². The Morgan fingerprint density at radius 2 is 2.06 bits per heavy atom. The van der Waals surface area contributed by atoms with E-state index in [0.29, 0.717) is 5.56 Å². The average Bonchev–Trinajstić information content (AvgIpc) is 2.52.